The van der Waals surface area contributed by atoms with Crippen LogP contribution in [0.25, 0.3) is 11.0 Å². The van der Waals surface area contributed by atoms with Gasteiger partial charge in [-0.1, -0.05) is 6.07 Å². The number of fused-ring (bicyclic) bond motifs is 1. The number of carbonyl (C=O) groups excluding carboxylic acids is 1. The van der Waals surface area contributed by atoms with Crippen molar-refractivity contribution in [1.82, 2.24) is 18.8 Å². The number of benzene rings is 1. The van der Waals surface area contributed by atoms with Crippen molar-refractivity contribution in [2.24, 2.45) is 0 Å². The minimum Gasteiger partial charge on any atom is -0.457 e. The van der Waals surface area contributed by atoms with Gasteiger partial charge in [0.2, 0.25) is 10.0 Å². The SMILES string of the molecule is CCn1c(COC(=O)Cc2ccc(C)nc2)nc2cc(S(=O)(=O)N(C)C)ccc21. The van der Waals surface area contributed by atoms with Crippen LogP contribution in [0.4, 0.5) is 0 Å². The Morgan fingerprint density at radius 2 is 1.97 bits per heavy atom. The van der Waals surface area contributed by atoms with E-state index in [0.717, 1.165) is 21.1 Å². The third-order valence-corrected chi connectivity index (χ3v) is 6.39. The average molecular weight is 417 g/mol. The number of imidazole rings is 1. The maximum Gasteiger partial charge on any atom is 0.310 e. The maximum absolute atomic E-state index is 12.4. The fourth-order valence-corrected chi connectivity index (χ4v) is 3.88. The molecule has 2 heterocycles. The van der Waals surface area contributed by atoms with E-state index in [1.807, 2.05) is 30.5 Å². The van der Waals surface area contributed by atoms with Crippen molar-refractivity contribution < 1.29 is 17.9 Å². The fourth-order valence-electron chi connectivity index (χ4n) is 2.96. The summed E-state index contributed by atoms with van der Waals surface area (Å²) in [5.41, 5.74) is 3.00. The number of esters is 1. The largest absolute Gasteiger partial charge is 0.457 e. The van der Waals surface area contributed by atoms with Gasteiger partial charge in [-0.25, -0.2) is 17.7 Å². The molecule has 0 bridgehead atoms. The summed E-state index contributed by atoms with van der Waals surface area (Å²) in [7, 11) is -0.580. The Morgan fingerprint density at radius 3 is 2.59 bits per heavy atom. The topological polar surface area (TPSA) is 94.4 Å². The summed E-state index contributed by atoms with van der Waals surface area (Å²) in [6.07, 6.45) is 1.79. The number of nitrogens with zero attached hydrogens (tertiary/aromatic N) is 4. The number of ether oxygens (including phenoxy) is 1. The average Bonchev–Trinajstić information content (AvgIpc) is 3.04. The van der Waals surface area contributed by atoms with Crippen LogP contribution < -0.4 is 0 Å². The van der Waals surface area contributed by atoms with Gasteiger partial charge in [-0.05, 0) is 43.7 Å². The summed E-state index contributed by atoms with van der Waals surface area (Å²) in [6.45, 7) is 4.46. The smallest absolute Gasteiger partial charge is 0.310 e. The molecule has 0 fully saturated rings. The van der Waals surface area contributed by atoms with Crippen molar-refractivity contribution in [3.63, 3.8) is 0 Å². The highest BCUT2D eigenvalue weighted by atomic mass is 32.2. The summed E-state index contributed by atoms with van der Waals surface area (Å²) in [4.78, 5) is 21.0. The highest BCUT2D eigenvalue weighted by molar-refractivity contribution is 7.89. The molecule has 0 aliphatic rings. The van der Waals surface area contributed by atoms with Crippen LogP contribution in [0.5, 0.6) is 0 Å². The predicted octanol–water partition coefficient (Wildman–Crippen LogP) is 2.30. The van der Waals surface area contributed by atoms with Crippen molar-refractivity contribution in [1.29, 1.82) is 0 Å². The number of sulfonamides is 1. The second-order valence-electron chi connectivity index (χ2n) is 6.86. The van der Waals surface area contributed by atoms with Crippen LogP contribution in [0, 0.1) is 6.92 Å². The van der Waals surface area contributed by atoms with Crippen molar-refractivity contribution in [3.8, 4) is 0 Å². The highest BCUT2D eigenvalue weighted by Crippen LogP contribution is 2.22. The van der Waals surface area contributed by atoms with E-state index in [0.29, 0.717) is 17.9 Å². The molecule has 3 rings (SSSR count). The van der Waals surface area contributed by atoms with Crippen molar-refractivity contribution in [3.05, 3.63) is 53.6 Å². The summed E-state index contributed by atoms with van der Waals surface area (Å²) >= 11 is 0. The highest BCUT2D eigenvalue weighted by Gasteiger charge is 2.20. The second kappa shape index (κ2) is 8.30. The molecule has 1 aromatic carbocycles. The molecule has 0 atom stereocenters. The van der Waals surface area contributed by atoms with Gasteiger partial charge in [0.25, 0.3) is 0 Å². The molecule has 0 amide bonds. The van der Waals surface area contributed by atoms with E-state index >= 15 is 0 Å². The number of aromatic nitrogens is 3. The van der Waals surface area contributed by atoms with Gasteiger partial charge in [-0.3, -0.25) is 9.78 Å². The standard InChI is InChI=1S/C20H24N4O4S/c1-5-24-18-9-8-16(29(26,27)23(3)4)11-17(18)22-19(24)13-28-20(25)10-15-7-6-14(2)21-12-15/h6-9,11-12H,5,10,13H2,1-4H3. The van der Waals surface area contributed by atoms with Gasteiger partial charge >= 0.3 is 5.97 Å². The second-order valence-corrected chi connectivity index (χ2v) is 9.01. The van der Waals surface area contributed by atoms with Crippen LogP contribution in [-0.4, -0.2) is 47.3 Å². The molecule has 2 aromatic heterocycles. The first-order valence-electron chi connectivity index (χ1n) is 9.21. The molecule has 0 radical (unpaired) electrons. The van der Waals surface area contributed by atoms with Gasteiger partial charge in [-0.15, -0.1) is 0 Å². The third-order valence-electron chi connectivity index (χ3n) is 4.58. The quantitative estimate of drug-likeness (QED) is 0.549. The molecule has 154 valence electrons. The van der Waals surface area contributed by atoms with E-state index in [4.69, 9.17) is 4.74 Å². The van der Waals surface area contributed by atoms with Crippen molar-refractivity contribution in [2.45, 2.75) is 38.3 Å². The van der Waals surface area contributed by atoms with E-state index in [2.05, 4.69) is 9.97 Å². The summed E-state index contributed by atoms with van der Waals surface area (Å²) in [5, 5.41) is 0. The van der Waals surface area contributed by atoms with Gasteiger partial charge in [-0.2, -0.15) is 0 Å². The lowest BCUT2D eigenvalue weighted by Gasteiger charge is -2.11. The Hall–Kier alpha value is -2.78. The Bertz CT molecular complexity index is 1140. The molecule has 3 aromatic rings. The third kappa shape index (κ3) is 4.46. The van der Waals surface area contributed by atoms with Crippen LogP contribution >= 0.6 is 0 Å². The predicted molar refractivity (Wildman–Crippen MR) is 109 cm³/mol. The Labute approximate surface area is 170 Å². The van der Waals surface area contributed by atoms with E-state index in [9.17, 15) is 13.2 Å². The number of rotatable bonds is 7. The normalized spacial score (nSPS) is 11.9. The Balaban J connectivity index is 1.80. The van der Waals surface area contributed by atoms with Gasteiger partial charge in [0, 0.05) is 32.5 Å². The van der Waals surface area contributed by atoms with E-state index in [1.54, 1.807) is 24.4 Å². The number of hydrogen-bond donors (Lipinski definition) is 0. The molecule has 0 unspecified atom stereocenters. The van der Waals surface area contributed by atoms with Crippen LogP contribution in [-0.2, 0) is 39.1 Å². The fraction of sp³-hybridized carbons (Fsp3) is 0.350. The number of aryl methyl sites for hydroxylation is 2. The molecule has 0 spiro atoms. The first-order chi connectivity index (χ1) is 13.7. The molecule has 0 saturated carbocycles. The molecule has 0 aliphatic heterocycles. The minimum absolute atomic E-state index is 0.0103. The zero-order chi connectivity index (χ0) is 21.2. The maximum atomic E-state index is 12.4. The van der Waals surface area contributed by atoms with Crippen LogP contribution in [0.15, 0.2) is 41.4 Å². The minimum atomic E-state index is -3.55. The van der Waals surface area contributed by atoms with Crippen molar-refractivity contribution in [2.75, 3.05) is 14.1 Å². The van der Waals surface area contributed by atoms with Gasteiger partial charge in [0.1, 0.15) is 12.4 Å². The molecule has 29 heavy (non-hydrogen) atoms. The zero-order valence-corrected chi connectivity index (χ0v) is 17.7. The monoisotopic (exact) mass is 416 g/mol. The number of pyridine rings is 1. The van der Waals surface area contributed by atoms with Gasteiger partial charge in [0.05, 0.1) is 22.3 Å². The Kier molecular flexibility index (Phi) is 5.99. The van der Waals surface area contributed by atoms with E-state index < -0.39 is 10.0 Å². The first-order valence-corrected chi connectivity index (χ1v) is 10.6. The number of hydrogen-bond acceptors (Lipinski definition) is 6. The Morgan fingerprint density at radius 1 is 1.21 bits per heavy atom. The van der Waals surface area contributed by atoms with E-state index in [-0.39, 0.29) is 23.9 Å². The van der Waals surface area contributed by atoms with Crippen LogP contribution in [0.2, 0.25) is 0 Å². The van der Waals surface area contributed by atoms with E-state index in [1.165, 1.54) is 14.1 Å². The van der Waals surface area contributed by atoms with Crippen molar-refractivity contribution >= 4 is 27.0 Å². The van der Waals surface area contributed by atoms with Crippen LogP contribution in [0.3, 0.4) is 0 Å². The lowest BCUT2D eigenvalue weighted by molar-refractivity contribution is -0.144. The summed E-state index contributed by atoms with van der Waals surface area (Å²) in [5.74, 6) is 0.193. The molecule has 0 saturated heterocycles. The van der Waals surface area contributed by atoms with Gasteiger partial charge < -0.3 is 9.30 Å². The zero-order valence-electron chi connectivity index (χ0n) is 16.9. The summed E-state index contributed by atoms with van der Waals surface area (Å²) < 4.78 is 33.2. The molecule has 8 nitrogen and oxygen atoms in total. The molecule has 0 N–H and O–H groups in total. The van der Waals surface area contributed by atoms with Crippen LogP contribution in [0.1, 0.15) is 24.0 Å². The molecular formula is C20H24N4O4S. The van der Waals surface area contributed by atoms with Gasteiger partial charge in [0.15, 0.2) is 0 Å². The molecule has 0 aliphatic carbocycles. The molecule has 9 heteroatoms. The lowest BCUT2D eigenvalue weighted by atomic mass is 10.2. The molecular weight excluding hydrogens is 392 g/mol. The number of carbonyl (C=O) groups is 1. The first kappa shape index (κ1) is 20.9. The lowest BCUT2D eigenvalue weighted by Crippen LogP contribution is -2.22. The summed E-state index contributed by atoms with van der Waals surface area (Å²) in [6, 6.07) is 8.52.